The first kappa shape index (κ1) is 54.1. The lowest BCUT2D eigenvalue weighted by Gasteiger charge is -2.40. The lowest BCUT2D eigenvalue weighted by Crippen LogP contribution is -2.60. The number of carbonyl (C=O) groups excluding carboxylic acids is 1. The van der Waals surface area contributed by atoms with Crippen LogP contribution in [0.4, 0.5) is 0 Å². The highest BCUT2D eigenvalue weighted by molar-refractivity contribution is 5.80. The Kier molecular flexibility index (Phi) is 35.5. The van der Waals surface area contributed by atoms with Gasteiger partial charge in [-0.2, -0.15) is 0 Å². The van der Waals surface area contributed by atoms with Gasteiger partial charge >= 0.3 is 0 Å². The van der Waals surface area contributed by atoms with Crippen LogP contribution >= 0.6 is 0 Å². The molecule has 1 fully saturated rings. The Bertz CT molecular complexity index is 1060. The van der Waals surface area contributed by atoms with Gasteiger partial charge in [0.2, 0.25) is 5.91 Å². The Hall–Kier alpha value is -1.89. The van der Waals surface area contributed by atoms with Crippen molar-refractivity contribution in [1.29, 1.82) is 0 Å². The molecule has 0 saturated carbocycles. The largest absolute Gasteiger partial charge is 0.394 e. The Balaban J connectivity index is 2.44. The van der Waals surface area contributed by atoms with Crippen molar-refractivity contribution in [3.8, 4) is 0 Å². The van der Waals surface area contributed by atoms with Gasteiger partial charge in [0.25, 0.3) is 0 Å². The summed E-state index contributed by atoms with van der Waals surface area (Å²) in [6.45, 7) is 3.56. The molecule has 1 saturated heterocycles. The zero-order chi connectivity index (χ0) is 42.5. The molecule has 0 aromatic carbocycles. The Morgan fingerprint density at radius 1 is 0.586 bits per heavy atom. The Morgan fingerprint density at radius 2 is 1.02 bits per heavy atom. The molecule has 10 heteroatoms. The number of aliphatic hydroxyl groups is 6. The van der Waals surface area contributed by atoms with Crippen LogP contribution in [0.3, 0.4) is 0 Å². The molecule has 1 amide bonds. The van der Waals surface area contributed by atoms with Crippen LogP contribution in [0.15, 0.2) is 48.6 Å². The maximum Gasteiger partial charge on any atom is 0.249 e. The highest BCUT2D eigenvalue weighted by Gasteiger charge is 2.44. The summed E-state index contributed by atoms with van der Waals surface area (Å²) in [5.41, 5.74) is 0. The van der Waals surface area contributed by atoms with Crippen molar-refractivity contribution in [3.05, 3.63) is 48.6 Å². The molecule has 1 aliphatic heterocycles. The summed E-state index contributed by atoms with van der Waals surface area (Å²) in [5.74, 6) is -0.637. The van der Waals surface area contributed by atoms with Crippen molar-refractivity contribution in [2.24, 2.45) is 0 Å². The van der Waals surface area contributed by atoms with Gasteiger partial charge in [-0.05, 0) is 70.6 Å². The smallest absolute Gasteiger partial charge is 0.249 e. The molecule has 10 nitrogen and oxygen atoms in total. The van der Waals surface area contributed by atoms with Crippen LogP contribution in [0.2, 0.25) is 0 Å². The fraction of sp³-hybridized carbons (Fsp3) is 0.812. The second kappa shape index (κ2) is 38.1. The highest BCUT2D eigenvalue weighted by atomic mass is 16.7. The number of rotatable bonds is 38. The third kappa shape index (κ3) is 27.8. The minimum atomic E-state index is -1.62. The van der Waals surface area contributed by atoms with E-state index in [1.165, 1.54) is 103 Å². The van der Waals surface area contributed by atoms with Gasteiger partial charge in [0.05, 0.1) is 25.4 Å². The summed E-state index contributed by atoms with van der Waals surface area (Å²) in [7, 11) is 0. The maximum atomic E-state index is 13.0. The first-order valence-corrected chi connectivity index (χ1v) is 23.5. The first-order chi connectivity index (χ1) is 28.3. The van der Waals surface area contributed by atoms with Gasteiger partial charge in [-0.15, -0.1) is 0 Å². The Labute approximate surface area is 353 Å². The lowest BCUT2D eigenvalue weighted by molar-refractivity contribution is -0.302. The molecule has 1 heterocycles. The fourth-order valence-corrected chi connectivity index (χ4v) is 7.07. The van der Waals surface area contributed by atoms with Crippen molar-refractivity contribution in [2.75, 3.05) is 13.2 Å². The van der Waals surface area contributed by atoms with E-state index in [0.717, 1.165) is 51.4 Å². The number of unbranched alkanes of at least 4 members (excludes halogenated alkanes) is 21. The van der Waals surface area contributed by atoms with E-state index >= 15 is 0 Å². The van der Waals surface area contributed by atoms with Gasteiger partial charge in [0, 0.05) is 0 Å². The lowest BCUT2D eigenvalue weighted by atomic mass is 9.99. The second-order valence-electron chi connectivity index (χ2n) is 16.3. The van der Waals surface area contributed by atoms with E-state index in [1.807, 2.05) is 6.08 Å². The van der Waals surface area contributed by atoms with E-state index in [4.69, 9.17) is 9.47 Å². The topological polar surface area (TPSA) is 169 Å². The number of aliphatic hydroxyl groups excluding tert-OH is 6. The molecule has 338 valence electrons. The maximum absolute atomic E-state index is 13.0. The molecule has 8 atom stereocenters. The average molecular weight is 822 g/mol. The van der Waals surface area contributed by atoms with Crippen molar-refractivity contribution in [1.82, 2.24) is 5.32 Å². The SMILES string of the molecule is CCCCCCC/C=C/CC/C=C/CC/C=C/C(O)C(COC1OC(CO)C(O)C(O)C1O)NC(=O)C(O)CCCCCCCC/C=C\CCCCCCCCCC. The van der Waals surface area contributed by atoms with Crippen molar-refractivity contribution in [3.63, 3.8) is 0 Å². The van der Waals surface area contributed by atoms with Crippen molar-refractivity contribution >= 4 is 5.91 Å². The predicted molar refractivity (Wildman–Crippen MR) is 236 cm³/mol. The van der Waals surface area contributed by atoms with Crippen LogP contribution in [-0.2, 0) is 14.3 Å². The third-order valence-corrected chi connectivity index (χ3v) is 11.0. The molecule has 7 N–H and O–H groups in total. The van der Waals surface area contributed by atoms with Gasteiger partial charge in [-0.25, -0.2) is 0 Å². The molecular formula is C48H87NO9. The molecule has 0 spiro atoms. The predicted octanol–water partition coefficient (Wildman–Crippen LogP) is 8.81. The van der Waals surface area contributed by atoms with E-state index in [2.05, 4.69) is 55.6 Å². The number of allylic oxidation sites excluding steroid dienone is 7. The summed E-state index contributed by atoms with van der Waals surface area (Å²) >= 11 is 0. The molecule has 8 unspecified atom stereocenters. The molecule has 1 aliphatic rings. The number of hydrogen-bond donors (Lipinski definition) is 7. The number of carbonyl (C=O) groups is 1. The molecule has 0 radical (unpaired) electrons. The molecule has 0 aromatic rings. The average Bonchev–Trinajstić information content (AvgIpc) is 3.22. The minimum absolute atomic E-state index is 0.292. The van der Waals surface area contributed by atoms with E-state index in [0.29, 0.717) is 19.3 Å². The molecule has 0 bridgehead atoms. The van der Waals surface area contributed by atoms with Crippen LogP contribution in [0.5, 0.6) is 0 Å². The van der Waals surface area contributed by atoms with Crippen LogP contribution in [0.25, 0.3) is 0 Å². The van der Waals surface area contributed by atoms with Gasteiger partial charge in [-0.3, -0.25) is 4.79 Å². The van der Waals surface area contributed by atoms with Crippen LogP contribution < -0.4 is 5.32 Å². The zero-order valence-corrected chi connectivity index (χ0v) is 36.7. The summed E-state index contributed by atoms with van der Waals surface area (Å²) in [6.07, 6.45) is 37.7. The molecule has 0 aliphatic carbocycles. The van der Waals surface area contributed by atoms with Gasteiger partial charge in [0.1, 0.15) is 30.5 Å². The molecular weight excluding hydrogens is 735 g/mol. The van der Waals surface area contributed by atoms with Crippen LogP contribution in [0, 0.1) is 0 Å². The summed E-state index contributed by atoms with van der Waals surface area (Å²) in [6, 6.07) is -1.01. The summed E-state index contributed by atoms with van der Waals surface area (Å²) < 4.78 is 11.1. The number of hydrogen-bond acceptors (Lipinski definition) is 9. The first-order valence-electron chi connectivity index (χ1n) is 23.5. The van der Waals surface area contributed by atoms with Gasteiger partial charge in [-0.1, -0.05) is 165 Å². The summed E-state index contributed by atoms with van der Waals surface area (Å²) in [5, 5.41) is 64.6. The highest BCUT2D eigenvalue weighted by Crippen LogP contribution is 2.22. The standard InChI is InChI=1S/C48H87NO9/c1-3-5-7-9-11-13-15-17-19-20-21-23-25-27-29-31-33-35-37-42(52)47(56)49-40(39-57-48-46(55)45(54)44(53)43(38-50)58-48)41(51)36-34-32-30-28-26-24-22-18-16-14-12-10-8-6-4-2/h16,18,20-21,26,28,34,36,40-46,48,50-55H,3-15,17,19,22-25,27,29-33,35,37-39H2,1-2H3,(H,49,56)/b18-16+,21-20-,28-26+,36-34+. The number of amides is 1. The van der Waals surface area contributed by atoms with Crippen LogP contribution in [0.1, 0.15) is 187 Å². The van der Waals surface area contributed by atoms with E-state index in [-0.39, 0.29) is 6.61 Å². The molecule has 58 heavy (non-hydrogen) atoms. The van der Waals surface area contributed by atoms with E-state index < -0.39 is 61.5 Å². The third-order valence-electron chi connectivity index (χ3n) is 11.0. The molecule has 0 aromatic heterocycles. The quantitative estimate of drug-likeness (QED) is 0.0238. The molecule has 1 rings (SSSR count). The fourth-order valence-electron chi connectivity index (χ4n) is 7.07. The van der Waals surface area contributed by atoms with Crippen LogP contribution in [-0.4, -0.2) is 98.7 Å². The van der Waals surface area contributed by atoms with Gasteiger partial charge < -0.3 is 45.4 Å². The normalized spacial score (nSPS) is 21.8. The van der Waals surface area contributed by atoms with Crippen molar-refractivity contribution in [2.45, 2.75) is 236 Å². The second-order valence-corrected chi connectivity index (χ2v) is 16.3. The zero-order valence-electron chi connectivity index (χ0n) is 36.7. The number of ether oxygens (including phenoxy) is 2. The van der Waals surface area contributed by atoms with Gasteiger partial charge in [0.15, 0.2) is 6.29 Å². The number of nitrogens with one attached hydrogen (secondary N) is 1. The van der Waals surface area contributed by atoms with Crippen molar-refractivity contribution < 1.29 is 44.9 Å². The monoisotopic (exact) mass is 822 g/mol. The van der Waals surface area contributed by atoms with E-state index in [9.17, 15) is 35.4 Å². The minimum Gasteiger partial charge on any atom is -0.394 e. The van der Waals surface area contributed by atoms with E-state index in [1.54, 1.807) is 6.08 Å². The Morgan fingerprint density at radius 3 is 1.50 bits per heavy atom. The summed E-state index contributed by atoms with van der Waals surface area (Å²) in [4.78, 5) is 13.0.